The highest BCUT2D eigenvalue weighted by Gasteiger charge is 2.10. The molecule has 0 bridgehead atoms. The minimum absolute atomic E-state index is 0.159. The quantitative estimate of drug-likeness (QED) is 0.599. The monoisotopic (exact) mass is 296 g/mol. The summed E-state index contributed by atoms with van der Waals surface area (Å²) in [6.45, 7) is 4.58. The third kappa shape index (κ3) is 6.06. The summed E-state index contributed by atoms with van der Waals surface area (Å²) >= 11 is 5.84. The number of nitrogens with one attached hydrogen (secondary N) is 2. The SMILES string of the molecule is CCCCCNC(=O)CC(=O)Nc1ccc(Cl)cc1C. The second kappa shape index (κ2) is 8.59. The van der Waals surface area contributed by atoms with Crippen LogP contribution >= 0.6 is 11.6 Å². The van der Waals surface area contributed by atoms with Crippen molar-refractivity contribution in [3.63, 3.8) is 0 Å². The largest absolute Gasteiger partial charge is 0.356 e. The fraction of sp³-hybridized carbons (Fsp3) is 0.467. The molecule has 0 aliphatic carbocycles. The molecule has 5 heteroatoms. The molecule has 1 aromatic rings. The Kier molecular flexibility index (Phi) is 7.09. The van der Waals surface area contributed by atoms with Crippen molar-refractivity contribution < 1.29 is 9.59 Å². The zero-order valence-corrected chi connectivity index (χ0v) is 12.7. The fourth-order valence-corrected chi connectivity index (χ4v) is 2.00. The number of halogens is 1. The highest BCUT2D eigenvalue weighted by molar-refractivity contribution is 6.30. The van der Waals surface area contributed by atoms with Gasteiger partial charge in [0.25, 0.3) is 0 Å². The number of carbonyl (C=O) groups is 2. The lowest BCUT2D eigenvalue weighted by Crippen LogP contribution is -2.29. The predicted molar refractivity (Wildman–Crippen MR) is 82.0 cm³/mol. The van der Waals surface area contributed by atoms with Gasteiger partial charge in [-0.3, -0.25) is 9.59 Å². The Bertz CT molecular complexity index is 475. The average Bonchev–Trinajstić information content (AvgIpc) is 2.38. The standard InChI is InChI=1S/C15H21ClN2O2/c1-3-4-5-8-17-14(19)10-15(20)18-13-7-6-12(16)9-11(13)2/h6-7,9H,3-5,8,10H2,1-2H3,(H,17,19)(H,18,20). The van der Waals surface area contributed by atoms with Crippen LogP contribution in [0.15, 0.2) is 18.2 Å². The summed E-state index contributed by atoms with van der Waals surface area (Å²) in [6.07, 6.45) is 2.97. The molecule has 1 aromatic carbocycles. The third-order valence-electron chi connectivity index (χ3n) is 2.89. The van der Waals surface area contributed by atoms with Crippen LogP contribution in [0.1, 0.15) is 38.2 Å². The van der Waals surface area contributed by atoms with E-state index in [1.807, 2.05) is 6.92 Å². The molecule has 0 aromatic heterocycles. The molecule has 0 unspecified atom stereocenters. The number of hydrogen-bond acceptors (Lipinski definition) is 2. The minimum atomic E-state index is -0.316. The number of amides is 2. The maximum Gasteiger partial charge on any atom is 0.233 e. The number of benzene rings is 1. The minimum Gasteiger partial charge on any atom is -0.356 e. The molecule has 0 radical (unpaired) electrons. The van der Waals surface area contributed by atoms with Crippen LogP contribution in [-0.2, 0) is 9.59 Å². The van der Waals surface area contributed by atoms with Crippen molar-refractivity contribution in [3.8, 4) is 0 Å². The van der Waals surface area contributed by atoms with Crippen LogP contribution in [0.25, 0.3) is 0 Å². The summed E-state index contributed by atoms with van der Waals surface area (Å²) in [5.74, 6) is -0.561. The van der Waals surface area contributed by atoms with Crippen LogP contribution in [0.2, 0.25) is 5.02 Å². The van der Waals surface area contributed by atoms with Gasteiger partial charge in [-0.1, -0.05) is 31.4 Å². The Balaban J connectivity index is 2.37. The summed E-state index contributed by atoms with van der Waals surface area (Å²) in [6, 6.07) is 5.20. The Morgan fingerprint density at radius 3 is 2.60 bits per heavy atom. The molecule has 0 spiro atoms. The van der Waals surface area contributed by atoms with Gasteiger partial charge in [-0.25, -0.2) is 0 Å². The summed E-state index contributed by atoms with van der Waals surface area (Å²) in [5.41, 5.74) is 1.55. The Hall–Kier alpha value is -1.55. The van der Waals surface area contributed by atoms with Gasteiger partial charge in [-0.2, -0.15) is 0 Å². The highest BCUT2D eigenvalue weighted by Crippen LogP contribution is 2.19. The lowest BCUT2D eigenvalue weighted by molar-refractivity contribution is -0.126. The van der Waals surface area contributed by atoms with E-state index >= 15 is 0 Å². The fourth-order valence-electron chi connectivity index (χ4n) is 1.77. The molecule has 2 amide bonds. The van der Waals surface area contributed by atoms with Crippen molar-refractivity contribution in [1.82, 2.24) is 5.32 Å². The molecule has 0 aliphatic rings. The number of aryl methyl sites for hydroxylation is 1. The van der Waals surface area contributed by atoms with E-state index in [1.54, 1.807) is 18.2 Å². The second-order valence-corrected chi connectivity index (χ2v) is 5.18. The highest BCUT2D eigenvalue weighted by atomic mass is 35.5. The first-order valence-electron chi connectivity index (χ1n) is 6.85. The molecule has 0 saturated heterocycles. The van der Waals surface area contributed by atoms with E-state index in [0.29, 0.717) is 17.3 Å². The van der Waals surface area contributed by atoms with E-state index in [4.69, 9.17) is 11.6 Å². The van der Waals surface area contributed by atoms with Gasteiger partial charge in [0.15, 0.2) is 0 Å². The Labute approximate surface area is 124 Å². The van der Waals surface area contributed by atoms with E-state index < -0.39 is 0 Å². The topological polar surface area (TPSA) is 58.2 Å². The Morgan fingerprint density at radius 2 is 1.95 bits per heavy atom. The number of carbonyl (C=O) groups excluding carboxylic acids is 2. The van der Waals surface area contributed by atoms with E-state index in [1.165, 1.54) is 0 Å². The molecule has 1 rings (SSSR count). The molecule has 20 heavy (non-hydrogen) atoms. The van der Waals surface area contributed by atoms with Gasteiger partial charge in [0.2, 0.25) is 11.8 Å². The van der Waals surface area contributed by atoms with Crippen molar-refractivity contribution in [3.05, 3.63) is 28.8 Å². The van der Waals surface area contributed by atoms with E-state index in [0.717, 1.165) is 24.8 Å². The molecule has 0 atom stereocenters. The van der Waals surface area contributed by atoms with Crippen LogP contribution in [0, 0.1) is 6.92 Å². The van der Waals surface area contributed by atoms with Gasteiger partial charge in [-0.05, 0) is 37.1 Å². The van der Waals surface area contributed by atoms with E-state index in [2.05, 4.69) is 17.6 Å². The molecule has 110 valence electrons. The number of unbranched alkanes of at least 4 members (excludes halogenated alkanes) is 2. The molecular formula is C15H21ClN2O2. The zero-order chi connectivity index (χ0) is 15.0. The molecular weight excluding hydrogens is 276 g/mol. The first-order chi connectivity index (χ1) is 9.52. The van der Waals surface area contributed by atoms with Crippen molar-refractivity contribution in [2.75, 3.05) is 11.9 Å². The normalized spacial score (nSPS) is 10.2. The third-order valence-corrected chi connectivity index (χ3v) is 3.12. The molecule has 0 fully saturated rings. The van der Waals surface area contributed by atoms with E-state index in [-0.39, 0.29) is 18.2 Å². The first-order valence-corrected chi connectivity index (χ1v) is 7.23. The smallest absolute Gasteiger partial charge is 0.233 e. The summed E-state index contributed by atoms with van der Waals surface area (Å²) in [4.78, 5) is 23.3. The van der Waals surface area contributed by atoms with Crippen molar-refractivity contribution >= 4 is 29.1 Å². The van der Waals surface area contributed by atoms with Crippen molar-refractivity contribution in [1.29, 1.82) is 0 Å². The molecule has 2 N–H and O–H groups in total. The van der Waals surface area contributed by atoms with Gasteiger partial charge >= 0.3 is 0 Å². The summed E-state index contributed by atoms with van der Waals surface area (Å²) in [7, 11) is 0. The van der Waals surface area contributed by atoms with Crippen molar-refractivity contribution in [2.24, 2.45) is 0 Å². The van der Waals surface area contributed by atoms with Crippen LogP contribution in [0.5, 0.6) is 0 Å². The van der Waals surface area contributed by atoms with Crippen LogP contribution in [0.3, 0.4) is 0 Å². The predicted octanol–water partition coefficient (Wildman–Crippen LogP) is 3.28. The molecule has 4 nitrogen and oxygen atoms in total. The number of hydrogen-bond donors (Lipinski definition) is 2. The maximum absolute atomic E-state index is 11.7. The van der Waals surface area contributed by atoms with Crippen molar-refractivity contribution in [2.45, 2.75) is 39.5 Å². The Morgan fingerprint density at radius 1 is 1.20 bits per heavy atom. The van der Waals surface area contributed by atoms with Gasteiger partial charge in [0.1, 0.15) is 6.42 Å². The van der Waals surface area contributed by atoms with Crippen LogP contribution in [-0.4, -0.2) is 18.4 Å². The first kappa shape index (κ1) is 16.5. The van der Waals surface area contributed by atoms with E-state index in [9.17, 15) is 9.59 Å². The summed E-state index contributed by atoms with van der Waals surface area (Å²) in [5, 5.41) is 6.07. The van der Waals surface area contributed by atoms with Gasteiger partial charge in [0, 0.05) is 17.3 Å². The zero-order valence-electron chi connectivity index (χ0n) is 12.0. The lowest BCUT2D eigenvalue weighted by Gasteiger charge is -2.09. The van der Waals surface area contributed by atoms with Gasteiger partial charge < -0.3 is 10.6 Å². The summed E-state index contributed by atoms with van der Waals surface area (Å²) < 4.78 is 0. The molecule has 0 heterocycles. The molecule has 0 saturated carbocycles. The number of anilines is 1. The molecule has 0 aliphatic heterocycles. The van der Waals surface area contributed by atoms with Gasteiger partial charge in [0.05, 0.1) is 0 Å². The number of rotatable bonds is 7. The van der Waals surface area contributed by atoms with Crippen LogP contribution < -0.4 is 10.6 Å². The maximum atomic E-state index is 11.7. The average molecular weight is 297 g/mol. The second-order valence-electron chi connectivity index (χ2n) is 4.74. The van der Waals surface area contributed by atoms with Crippen LogP contribution in [0.4, 0.5) is 5.69 Å². The van der Waals surface area contributed by atoms with Gasteiger partial charge in [-0.15, -0.1) is 0 Å². The lowest BCUT2D eigenvalue weighted by atomic mass is 10.2.